The number of likely N-dealkylation sites (N-methyl/N-ethyl adjacent to an activating group) is 1. The quantitative estimate of drug-likeness (QED) is 0.468. The van der Waals surface area contributed by atoms with Gasteiger partial charge in [0.15, 0.2) is 0 Å². The van der Waals surface area contributed by atoms with Crippen molar-refractivity contribution >= 4 is 35.6 Å². The lowest BCUT2D eigenvalue weighted by molar-refractivity contribution is -0.147. The highest BCUT2D eigenvalue weighted by Gasteiger charge is 2.40. The molecule has 10 heteroatoms. The summed E-state index contributed by atoms with van der Waals surface area (Å²) in [4.78, 5) is 48.7. The first-order valence-electron chi connectivity index (χ1n) is 10.6. The van der Waals surface area contributed by atoms with Gasteiger partial charge in [-0.3, -0.25) is 29.4 Å². The number of nitrogens with zero attached hydrogens (tertiary/aromatic N) is 1. The molecule has 34 heavy (non-hydrogen) atoms. The number of nitrogens with one attached hydrogen (secondary N) is 2. The van der Waals surface area contributed by atoms with Gasteiger partial charge >= 0.3 is 5.92 Å². The third-order valence-corrected chi connectivity index (χ3v) is 5.14. The smallest absolute Gasteiger partial charge is 0.346 e. The van der Waals surface area contributed by atoms with E-state index in [4.69, 9.17) is 11.6 Å². The third kappa shape index (κ3) is 7.71. The molecule has 7 nitrogen and oxygen atoms in total. The van der Waals surface area contributed by atoms with Crippen LogP contribution in [0.15, 0.2) is 42.5 Å². The van der Waals surface area contributed by atoms with Gasteiger partial charge in [0, 0.05) is 35.7 Å². The van der Waals surface area contributed by atoms with Crippen LogP contribution in [0.3, 0.4) is 0 Å². The lowest BCUT2D eigenvalue weighted by atomic mass is 10.0. The molecule has 0 bridgehead atoms. The molecule has 0 aromatic heterocycles. The normalized spacial score (nSPS) is 11.2. The second-order valence-electron chi connectivity index (χ2n) is 7.81. The van der Waals surface area contributed by atoms with Crippen molar-refractivity contribution in [2.45, 2.75) is 38.8 Å². The Labute approximate surface area is 201 Å². The summed E-state index contributed by atoms with van der Waals surface area (Å²) in [6.45, 7) is 1.74. The molecule has 0 heterocycles. The first kappa shape index (κ1) is 27.1. The molecule has 182 valence electrons. The van der Waals surface area contributed by atoms with E-state index in [1.807, 2.05) is 6.92 Å². The molecule has 0 fully saturated rings. The average molecular weight is 494 g/mol. The van der Waals surface area contributed by atoms with E-state index < -0.39 is 23.3 Å². The maximum atomic E-state index is 14.4. The zero-order valence-corrected chi connectivity index (χ0v) is 19.6. The van der Waals surface area contributed by atoms with Crippen LogP contribution in [0.25, 0.3) is 0 Å². The van der Waals surface area contributed by atoms with Crippen LogP contribution in [0, 0.1) is 0 Å². The minimum Gasteiger partial charge on any atom is -0.346 e. The van der Waals surface area contributed by atoms with E-state index in [0.29, 0.717) is 29.4 Å². The predicted octanol–water partition coefficient (Wildman–Crippen LogP) is 3.44. The predicted molar refractivity (Wildman–Crippen MR) is 123 cm³/mol. The Hall–Kier alpha value is -3.17. The lowest BCUT2D eigenvalue weighted by Gasteiger charge is -2.19. The monoisotopic (exact) mass is 493 g/mol. The largest absolute Gasteiger partial charge is 0.349 e. The Bertz CT molecular complexity index is 1050. The van der Waals surface area contributed by atoms with Crippen molar-refractivity contribution in [2.75, 3.05) is 13.6 Å². The molecule has 0 aliphatic carbocycles. The third-order valence-electron chi connectivity index (χ3n) is 4.89. The SMILES string of the molecule is CCCC(=O)NC(=O)CN(C)Cc1cc(CNC(=O)C(F)(F)c2ccc(Cl)cc2)ccc1C=O. The number of carbonyl (C=O) groups excluding carboxylic acids is 4. The standard InChI is InChI=1S/C24H26ClF2N3O4/c1-3-4-21(32)29-22(33)14-30(2)13-18-11-16(5-6-17(18)15-31)12-28-23(34)24(26,27)19-7-9-20(25)10-8-19/h5-11,15H,3-4,12-14H2,1-2H3,(H,28,34)(H,29,32,33). The van der Waals surface area contributed by atoms with Crippen LogP contribution in [-0.4, -0.2) is 42.5 Å². The van der Waals surface area contributed by atoms with Crippen LogP contribution in [0.5, 0.6) is 0 Å². The molecule has 0 saturated heterocycles. The first-order valence-corrected chi connectivity index (χ1v) is 10.9. The molecule has 0 saturated carbocycles. The van der Waals surface area contributed by atoms with Gasteiger partial charge in [-0.25, -0.2) is 0 Å². The summed E-state index contributed by atoms with van der Waals surface area (Å²) >= 11 is 5.71. The molecule has 0 spiro atoms. The minimum atomic E-state index is -3.75. The van der Waals surface area contributed by atoms with E-state index in [2.05, 4.69) is 10.6 Å². The van der Waals surface area contributed by atoms with Crippen molar-refractivity contribution in [1.29, 1.82) is 0 Å². The number of rotatable bonds is 11. The molecule has 2 aromatic rings. The number of aldehydes is 1. The highest BCUT2D eigenvalue weighted by atomic mass is 35.5. The number of carbonyl (C=O) groups is 4. The fourth-order valence-corrected chi connectivity index (χ4v) is 3.31. The topological polar surface area (TPSA) is 95.6 Å². The Morgan fingerprint density at radius 2 is 1.76 bits per heavy atom. The van der Waals surface area contributed by atoms with Crippen LogP contribution in [0.1, 0.15) is 46.8 Å². The number of imide groups is 1. The van der Waals surface area contributed by atoms with Crippen LogP contribution in [0.2, 0.25) is 5.02 Å². The number of hydrogen-bond donors (Lipinski definition) is 2. The lowest BCUT2D eigenvalue weighted by Crippen LogP contribution is -2.38. The van der Waals surface area contributed by atoms with Gasteiger partial charge in [0.2, 0.25) is 11.8 Å². The van der Waals surface area contributed by atoms with Crippen molar-refractivity contribution < 1.29 is 28.0 Å². The molecule has 3 amide bonds. The van der Waals surface area contributed by atoms with E-state index in [0.717, 1.165) is 12.1 Å². The van der Waals surface area contributed by atoms with Crippen molar-refractivity contribution in [3.05, 3.63) is 69.7 Å². The summed E-state index contributed by atoms with van der Waals surface area (Å²) in [5, 5.41) is 4.77. The molecule has 0 aliphatic heterocycles. The summed E-state index contributed by atoms with van der Waals surface area (Å²) < 4.78 is 28.9. The second-order valence-corrected chi connectivity index (χ2v) is 8.25. The maximum Gasteiger partial charge on any atom is 0.349 e. The van der Waals surface area contributed by atoms with Crippen LogP contribution < -0.4 is 10.6 Å². The summed E-state index contributed by atoms with van der Waals surface area (Å²) in [7, 11) is 1.64. The zero-order chi connectivity index (χ0) is 25.3. The van der Waals surface area contributed by atoms with Gasteiger partial charge in [-0.2, -0.15) is 8.78 Å². The molecule has 0 atom stereocenters. The number of halogens is 3. The van der Waals surface area contributed by atoms with Crippen molar-refractivity contribution in [1.82, 2.24) is 15.5 Å². The molecule has 2 rings (SSSR count). The maximum absolute atomic E-state index is 14.4. The summed E-state index contributed by atoms with van der Waals surface area (Å²) in [5.74, 6) is -6.05. The Morgan fingerprint density at radius 3 is 2.38 bits per heavy atom. The van der Waals surface area contributed by atoms with Gasteiger partial charge in [0.05, 0.1) is 6.54 Å². The van der Waals surface area contributed by atoms with E-state index in [9.17, 15) is 28.0 Å². The van der Waals surface area contributed by atoms with Crippen LogP contribution >= 0.6 is 11.6 Å². The molecule has 0 unspecified atom stereocenters. The molecular weight excluding hydrogens is 468 g/mol. The van der Waals surface area contributed by atoms with E-state index >= 15 is 0 Å². The number of amides is 3. The summed E-state index contributed by atoms with van der Waals surface area (Å²) in [5.41, 5.74) is 0.915. The number of hydrogen-bond acceptors (Lipinski definition) is 5. The van der Waals surface area contributed by atoms with E-state index in [1.54, 1.807) is 24.1 Å². The van der Waals surface area contributed by atoms with Crippen LogP contribution in [0.4, 0.5) is 8.78 Å². The highest BCUT2D eigenvalue weighted by Crippen LogP contribution is 2.29. The fourth-order valence-electron chi connectivity index (χ4n) is 3.18. The Kier molecular flexibility index (Phi) is 9.83. The van der Waals surface area contributed by atoms with Gasteiger partial charge in [0.1, 0.15) is 6.29 Å². The summed E-state index contributed by atoms with van der Waals surface area (Å²) in [6.07, 6.45) is 1.51. The highest BCUT2D eigenvalue weighted by molar-refractivity contribution is 6.30. The molecule has 0 aliphatic rings. The first-order chi connectivity index (χ1) is 16.1. The molecule has 2 aromatic carbocycles. The Morgan fingerprint density at radius 1 is 1.09 bits per heavy atom. The fraction of sp³-hybridized carbons (Fsp3) is 0.333. The van der Waals surface area contributed by atoms with Gasteiger partial charge in [-0.05, 0) is 36.7 Å². The molecule has 0 radical (unpaired) electrons. The average Bonchev–Trinajstić information content (AvgIpc) is 2.77. The zero-order valence-electron chi connectivity index (χ0n) is 18.9. The van der Waals surface area contributed by atoms with E-state index in [-0.39, 0.29) is 37.0 Å². The molecule has 2 N–H and O–H groups in total. The van der Waals surface area contributed by atoms with Gasteiger partial charge in [-0.1, -0.05) is 48.9 Å². The number of alkyl halides is 2. The Balaban J connectivity index is 2.03. The minimum absolute atomic E-state index is 0.0813. The number of benzene rings is 2. The van der Waals surface area contributed by atoms with Crippen molar-refractivity contribution in [3.63, 3.8) is 0 Å². The van der Waals surface area contributed by atoms with Crippen molar-refractivity contribution in [3.8, 4) is 0 Å². The van der Waals surface area contributed by atoms with Gasteiger partial charge in [-0.15, -0.1) is 0 Å². The van der Waals surface area contributed by atoms with Gasteiger partial charge in [0.25, 0.3) is 5.91 Å². The van der Waals surface area contributed by atoms with E-state index in [1.165, 1.54) is 18.2 Å². The molecular formula is C24H26ClF2N3O4. The van der Waals surface area contributed by atoms with Crippen molar-refractivity contribution in [2.24, 2.45) is 0 Å². The van der Waals surface area contributed by atoms with Crippen LogP contribution in [-0.2, 0) is 33.4 Å². The van der Waals surface area contributed by atoms with Gasteiger partial charge < -0.3 is 5.32 Å². The second kappa shape index (κ2) is 12.3. The summed E-state index contributed by atoms with van der Waals surface area (Å²) in [6, 6.07) is 9.38.